The summed E-state index contributed by atoms with van der Waals surface area (Å²) in [7, 11) is 0. The monoisotopic (exact) mass is 424 g/mol. The van der Waals surface area contributed by atoms with Crippen molar-refractivity contribution in [2.24, 2.45) is 0 Å². The zero-order valence-electron chi connectivity index (χ0n) is 16.0. The Labute approximate surface area is 180 Å². The molecule has 3 aromatic rings. The maximum atomic E-state index is 10.6. The molecule has 3 nitrogen and oxygen atoms in total. The normalized spacial score (nSPS) is 11.3. The van der Waals surface area contributed by atoms with E-state index in [2.05, 4.69) is 43.3 Å². The number of hydrogen-bond acceptors (Lipinski definition) is 3. The van der Waals surface area contributed by atoms with E-state index in [1.165, 1.54) is 22.3 Å². The second-order valence-corrected chi connectivity index (χ2v) is 7.85. The van der Waals surface area contributed by atoms with Crippen molar-refractivity contribution < 1.29 is 14.6 Å². The second-order valence-electron chi connectivity index (χ2n) is 6.38. The fraction of sp³-hybridized carbons (Fsp3) is 0.125. The number of carboxylic acids is 1. The van der Waals surface area contributed by atoms with Crippen molar-refractivity contribution in [1.29, 1.82) is 0 Å². The standard InChI is InChI=1S/C24H21ClO3S/c1-17-7-5-6-10-20(17)21(18-8-3-2-4-9-18)13-14-29-23-12-11-19(15-22(23)25)28-16-24(26)27/h2-13,15H,14,16H2,1H3,(H,26,27)/b21-13-. The molecule has 0 unspecified atom stereocenters. The molecule has 3 aromatic carbocycles. The van der Waals surface area contributed by atoms with Crippen molar-refractivity contribution in [2.45, 2.75) is 11.8 Å². The highest BCUT2D eigenvalue weighted by molar-refractivity contribution is 7.99. The molecular formula is C24H21ClO3S. The van der Waals surface area contributed by atoms with Crippen LogP contribution in [0.2, 0.25) is 5.02 Å². The third-order valence-electron chi connectivity index (χ3n) is 4.31. The Morgan fingerprint density at radius 1 is 1.07 bits per heavy atom. The molecule has 0 atom stereocenters. The van der Waals surface area contributed by atoms with Crippen LogP contribution in [0.4, 0.5) is 0 Å². The zero-order chi connectivity index (χ0) is 20.6. The van der Waals surface area contributed by atoms with Gasteiger partial charge in [0.05, 0.1) is 5.02 Å². The van der Waals surface area contributed by atoms with Crippen LogP contribution in [0.15, 0.2) is 83.8 Å². The average molecular weight is 425 g/mol. The largest absolute Gasteiger partial charge is 0.482 e. The summed E-state index contributed by atoms with van der Waals surface area (Å²) in [6, 6.07) is 23.9. The van der Waals surface area contributed by atoms with Crippen LogP contribution in [0.5, 0.6) is 5.75 Å². The number of aliphatic carboxylic acids is 1. The van der Waals surface area contributed by atoms with Gasteiger partial charge in [0.2, 0.25) is 0 Å². The van der Waals surface area contributed by atoms with Gasteiger partial charge in [0.25, 0.3) is 0 Å². The number of hydrogen-bond donors (Lipinski definition) is 1. The topological polar surface area (TPSA) is 46.5 Å². The molecule has 0 spiro atoms. The van der Waals surface area contributed by atoms with E-state index in [-0.39, 0.29) is 6.61 Å². The van der Waals surface area contributed by atoms with Crippen molar-refractivity contribution in [2.75, 3.05) is 12.4 Å². The first-order chi connectivity index (χ1) is 14.0. The summed E-state index contributed by atoms with van der Waals surface area (Å²) in [5, 5.41) is 9.25. The molecular weight excluding hydrogens is 404 g/mol. The molecule has 0 aromatic heterocycles. The summed E-state index contributed by atoms with van der Waals surface area (Å²) < 4.78 is 5.17. The minimum atomic E-state index is -1.02. The van der Waals surface area contributed by atoms with Gasteiger partial charge in [0, 0.05) is 10.6 Å². The Kier molecular flexibility index (Phi) is 7.39. The molecule has 0 aliphatic rings. The van der Waals surface area contributed by atoms with Gasteiger partial charge < -0.3 is 9.84 Å². The Balaban J connectivity index is 1.78. The van der Waals surface area contributed by atoms with Crippen molar-refractivity contribution in [1.82, 2.24) is 0 Å². The van der Waals surface area contributed by atoms with Gasteiger partial charge in [-0.2, -0.15) is 0 Å². The fourth-order valence-electron chi connectivity index (χ4n) is 2.92. The minimum Gasteiger partial charge on any atom is -0.482 e. The van der Waals surface area contributed by atoms with Gasteiger partial charge in [-0.25, -0.2) is 4.79 Å². The maximum absolute atomic E-state index is 10.6. The lowest BCUT2D eigenvalue weighted by Crippen LogP contribution is -2.09. The highest BCUT2D eigenvalue weighted by Gasteiger charge is 2.09. The first-order valence-electron chi connectivity index (χ1n) is 9.13. The number of thioether (sulfide) groups is 1. The third kappa shape index (κ3) is 5.89. The van der Waals surface area contributed by atoms with E-state index in [4.69, 9.17) is 21.4 Å². The summed E-state index contributed by atoms with van der Waals surface area (Å²) in [4.78, 5) is 11.5. The Morgan fingerprint density at radius 3 is 2.48 bits per heavy atom. The molecule has 3 rings (SSSR count). The molecule has 1 N–H and O–H groups in total. The summed E-state index contributed by atoms with van der Waals surface area (Å²) in [6.07, 6.45) is 2.22. The smallest absolute Gasteiger partial charge is 0.341 e. The van der Waals surface area contributed by atoms with Gasteiger partial charge >= 0.3 is 5.97 Å². The number of halogens is 1. The van der Waals surface area contributed by atoms with Gasteiger partial charge in [-0.3, -0.25) is 0 Å². The van der Waals surface area contributed by atoms with Gasteiger partial charge in [0.1, 0.15) is 5.75 Å². The minimum absolute atomic E-state index is 0.386. The molecule has 148 valence electrons. The SMILES string of the molecule is Cc1ccccc1/C(=C\CSc1ccc(OCC(=O)O)cc1Cl)c1ccccc1. The lowest BCUT2D eigenvalue weighted by molar-refractivity contribution is -0.139. The first-order valence-corrected chi connectivity index (χ1v) is 10.5. The van der Waals surface area contributed by atoms with Gasteiger partial charge in [0.15, 0.2) is 6.61 Å². The van der Waals surface area contributed by atoms with Gasteiger partial charge in [-0.15, -0.1) is 11.8 Å². The van der Waals surface area contributed by atoms with Crippen molar-refractivity contribution in [3.05, 3.63) is 101 Å². The van der Waals surface area contributed by atoms with Crippen LogP contribution in [0.3, 0.4) is 0 Å². The molecule has 0 bridgehead atoms. The molecule has 0 amide bonds. The van der Waals surface area contributed by atoms with Crippen LogP contribution in [0.1, 0.15) is 16.7 Å². The molecule has 5 heteroatoms. The number of carboxylic acid groups (broad SMARTS) is 1. The number of aryl methyl sites for hydroxylation is 1. The van der Waals surface area contributed by atoms with E-state index in [1.54, 1.807) is 23.9 Å². The van der Waals surface area contributed by atoms with Crippen LogP contribution in [-0.2, 0) is 4.79 Å². The summed E-state index contributed by atoms with van der Waals surface area (Å²) in [6.45, 7) is 1.73. The molecule has 0 saturated carbocycles. The predicted octanol–water partition coefficient (Wildman–Crippen LogP) is 6.34. The van der Waals surface area contributed by atoms with E-state index < -0.39 is 5.97 Å². The summed E-state index contributed by atoms with van der Waals surface area (Å²) in [5.74, 6) is 0.171. The Bertz CT molecular complexity index is 1020. The highest BCUT2D eigenvalue weighted by atomic mass is 35.5. The van der Waals surface area contributed by atoms with Crippen molar-refractivity contribution in [3.63, 3.8) is 0 Å². The van der Waals surface area contributed by atoms with E-state index in [0.29, 0.717) is 10.8 Å². The number of carbonyl (C=O) groups is 1. The van der Waals surface area contributed by atoms with Gasteiger partial charge in [-0.05, 0) is 47.4 Å². The second kappa shape index (κ2) is 10.2. The van der Waals surface area contributed by atoms with Crippen LogP contribution < -0.4 is 4.74 Å². The predicted molar refractivity (Wildman–Crippen MR) is 120 cm³/mol. The summed E-state index contributed by atoms with van der Waals surface area (Å²) in [5.41, 5.74) is 4.80. The Morgan fingerprint density at radius 2 is 1.79 bits per heavy atom. The number of rotatable bonds is 8. The first kappa shape index (κ1) is 21.0. The third-order valence-corrected chi connectivity index (χ3v) is 5.74. The highest BCUT2D eigenvalue weighted by Crippen LogP contribution is 2.32. The van der Waals surface area contributed by atoms with Gasteiger partial charge in [-0.1, -0.05) is 72.3 Å². The van der Waals surface area contributed by atoms with E-state index >= 15 is 0 Å². The average Bonchev–Trinajstić information content (AvgIpc) is 2.72. The van der Waals surface area contributed by atoms with Crippen LogP contribution in [0, 0.1) is 6.92 Å². The number of ether oxygens (including phenoxy) is 1. The van der Waals surface area contributed by atoms with Crippen molar-refractivity contribution in [3.8, 4) is 5.75 Å². The molecule has 0 radical (unpaired) electrons. The van der Waals surface area contributed by atoms with Crippen LogP contribution in [0.25, 0.3) is 5.57 Å². The lowest BCUT2D eigenvalue weighted by atomic mass is 9.94. The quantitative estimate of drug-likeness (QED) is 0.429. The molecule has 0 aliphatic carbocycles. The molecule has 0 heterocycles. The van der Waals surface area contributed by atoms with Crippen LogP contribution >= 0.6 is 23.4 Å². The van der Waals surface area contributed by atoms with E-state index in [1.807, 2.05) is 30.3 Å². The Hall–Kier alpha value is -2.69. The summed E-state index contributed by atoms with van der Waals surface area (Å²) >= 11 is 7.97. The van der Waals surface area contributed by atoms with Crippen LogP contribution in [-0.4, -0.2) is 23.4 Å². The molecule has 0 saturated heterocycles. The van der Waals surface area contributed by atoms with Crippen molar-refractivity contribution >= 4 is 34.9 Å². The lowest BCUT2D eigenvalue weighted by Gasteiger charge is -2.12. The van der Waals surface area contributed by atoms with E-state index in [9.17, 15) is 4.79 Å². The maximum Gasteiger partial charge on any atom is 0.341 e. The zero-order valence-corrected chi connectivity index (χ0v) is 17.5. The molecule has 0 aliphatic heterocycles. The molecule has 29 heavy (non-hydrogen) atoms. The molecule has 0 fully saturated rings. The fourth-order valence-corrected chi connectivity index (χ4v) is 4.05. The number of benzene rings is 3. The van der Waals surface area contributed by atoms with E-state index in [0.717, 1.165) is 10.6 Å².